The first-order valence-corrected chi connectivity index (χ1v) is 48.9. The van der Waals surface area contributed by atoms with Crippen LogP contribution in [0.4, 0.5) is 0 Å². The van der Waals surface area contributed by atoms with Crippen LogP contribution in [-0.2, 0) is 114 Å². The highest BCUT2D eigenvalue weighted by atomic mass is 32.2. The van der Waals surface area contributed by atoms with Gasteiger partial charge in [-0.15, -0.1) is 11.8 Å². The Morgan fingerprint density at radius 2 is 0.855 bits per heavy atom. The number of fused-ring (bicyclic) bond motifs is 1. The van der Waals surface area contributed by atoms with Crippen molar-refractivity contribution in [1.82, 2.24) is 94.5 Å². The van der Waals surface area contributed by atoms with Crippen LogP contribution in [0.5, 0.6) is 5.75 Å². The van der Waals surface area contributed by atoms with E-state index in [-0.39, 0.29) is 88.1 Å². The van der Waals surface area contributed by atoms with Crippen LogP contribution in [0, 0.1) is 28.6 Å². The quantitative estimate of drug-likeness (QED) is 0.0162. The van der Waals surface area contributed by atoms with Crippen molar-refractivity contribution in [3.63, 3.8) is 0 Å². The Morgan fingerprint density at radius 3 is 1.38 bits per heavy atom. The molecule has 0 spiro atoms. The number of rotatable bonds is 29. The summed E-state index contributed by atoms with van der Waals surface area (Å²) in [7, 11) is 2.58. The van der Waals surface area contributed by atoms with E-state index in [2.05, 4.69) is 84.7 Å². The molecule has 0 aliphatic carbocycles. The Balaban J connectivity index is 1.24. The van der Waals surface area contributed by atoms with E-state index in [0.29, 0.717) is 44.9 Å². The molecule has 0 unspecified atom stereocenters. The maximum Gasteiger partial charge on any atom is 0.305 e. The molecule has 16 amide bonds. The number of phenolic OH excluding ortho intramolecular Hbond substituents is 1. The monoisotopic (exact) mass is 2020 g/mol. The van der Waals surface area contributed by atoms with Gasteiger partial charge in [-0.2, -0.15) is 0 Å². The number of carboxylic acids is 1. The molecule has 0 saturated carbocycles. The van der Waals surface area contributed by atoms with Crippen LogP contribution >= 0.6 is 11.8 Å². The second kappa shape index (κ2) is 56.4. The van der Waals surface area contributed by atoms with Crippen LogP contribution in [0.1, 0.15) is 122 Å². The van der Waals surface area contributed by atoms with Gasteiger partial charge < -0.3 is 127 Å². The van der Waals surface area contributed by atoms with Crippen molar-refractivity contribution in [2.75, 3.05) is 45.2 Å². The molecule has 1 fully saturated rings. The Bertz CT molecular complexity index is 5660. The van der Waals surface area contributed by atoms with Crippen LogP contribution in [-0.4, -0.2) is 278 Å². The molecule has 1 saturated heterocycles. The number of hydrogen-bond donors (Lipinski definition) is 24. The highest BCUT2D eigenvalue weighted by Crippen LogP contribution is 2.25. The highest BCUT2D eigenvalue weighted by Gasteiger charge is 2.43. The third-order valence-corrected chi connectivity index (χ3v) is 25.2. The molecular weight excluding hydrogens is 1890 g/mol. The van der Waals surface area contributed by atoms with Crippen LogP contribution in [0.2, 0.25) is 0 Å². The minimum absolute atomic E-state index is 0.00819. The van der Waals surface area contributed by atoms with Crippen molar-refractivity contribution in [3.05, 3.63) is 198 Å². The number of aliphatic carboxylic acids is 1. The summed E-state index contributed by atoms with van der Waals surface area (Å²) in [6, 6.07) is 22.0. The molecule has 44 heteroatoms. The van der Waals surface area contributed by atoms with Gasteiger partial charge in [0.25, 0.3) is 0 Å². The topological polar surface area (TPSA) is 679 Å². The largest absolute Gasteiger partial charge is 0.508 e. The number of hydrogen-bond acceptors (Lipinski definition) is 22. The van der Waals surface area contributed by atoms with Crippen molar-refractivity contribution in [3.8, 4) is 16.9 Å². The number of H-pyrrole nitrogens is 1. The van der Waals surface area contributed by atoms with Gasteiger partial charge in [-0.05, 0) is 121 Å². The van der Waals surface area contributed by atoms with Crippen molar-refractivity contribution >= 4 is 135 Å². The molecule has 2 heterocycles. The number of aromatic hydroxyl groups is 1. The smallest absolute Gasteiger partial charge is 0.305 e. The number of benzene rings is 6. The number of nitrogens with one attached hydrogen (secondary N) is 18. The molecule has 8 rings (SSSR count). The molecule has 1 aromatic heterocycles. The number of nitrogens with zero attached hydrogens (tertiary/aromatic N) is 2. The molecule has 0 bridgehead atoms. The first-order chi connectivity index (χ1) is 68.8. The van der Waals surface area contributed by atoms with Gasteiger partial charge in [-0.3, -0.25) is 92.3 Å². The lowest BCUT2D eigenvalue weighted by Crippen LogP contribution is -2.62. The standard InChI is InChI=1S/C101H135N23O20S/c1-55(2)44-72-92(137)121-84(57(5)6)96(141)122-85(59(8)125)97(142)119-78(86(131)110-52-80(102)127)53-145-54-81(128)111-73(45-60-24-14-11-15-25-60)88(133)115-74(47-63-36-40-67(126)41-37-63)90(135)117-77(50-82(129)130)91(136)116-76(49-66-51-109-69-31-21-20-30-68(66)69)93(138)120-83(56(3)4)95(140)118-75(46-62-34-38-65(39-35-62)64-28-18-13-19-29-64)89(134)113-71(33-23-43-108-101(105)106)99(144)123(9)58(7)98(143)124(10)79(48-61-26-16-12-17-27-61)94(139)112-70(87(132)114-72)32-22-42-107-100(103)104/h11-21,24-31,34-41,51,55-59,70-79,83-85,109,125-126H,22-23,32-33,42-50,52-54H2,1-10H3,(H2,102,127)(H,110,131)(H,111,128)(H,112,139)(H,113,134)(H,114,132)(H,115,133)(H,116,136)(H,117,135)(H,118,140)(H,119,142)(H,120,138)(H,121,137)(H,122,141)(H,129,130)(H4,103,104,107)(H4,105,106,108)/t58-,59+,70-,71-,72-,73-,74-,75-,76-,77-,78-,79-,83-,84-,85-/m0/s1. The summed E-state index contributed by atoms with van der Waals surface area (Å²) in [4.78, 5) is 257. The van der Waals surface area contributed by atoms with Crippen molar-refractivity contribution in [2.24, 2.45) is 35.0 Å². The maximum atomic E-state index is 15.7. The number of aromatic amines is 1. The first kappa shape index (κ1) is 115. The first-order valence-electron chi connectivity index (χ1n) is 47.8. The number of primary amides is 1. The second-order valence-corrected chi connectivity index (χ2v) is 37.9. The Morgan fingerprint density at radius 1 is 0.441 bits per heavy atom. The fraction of sp³-hybridized carbons (Fsp3) is 0.436. The summed E-state index contributed by atoms with van der Waals surface area (Å²) in [5.74, 6) is -22.1. The number of carbonyl (C=O) groups excluding carboxylic acids is 16. The fourth-order valence-corrected chi connectivity index (χ4v) is 17.0. The number of phenols is 1. The number of aromatic nitrogens is 1. The van der Waals surface area contributed by atoms with Gasteiger partial charge in [0.2, 0.25) is 94.5 Å². The molecule has 0 radical (unpaired) electrons. The average molecular weight is 2020 g/mol. The molecule has 145 heavy (non-hydrogen) atoms. The molecule has 1 aliphatic heterocycles. The number of aliphatic hydroxyl groups excluding tert-OH is 1. The van der Waals surface area contributed by atoms with Crippen LogP contribution in [0.3, 0.4) is 0 Å². The zero-order valence-electron chi connectivity index (χ0n) is 82.7. The van der Waals surface area contributed by atoms with E-state index in [4.69, 9.17) is 28.0 Å². The number of nitrogens with two attached hydrogens (primary N) is 3. The summed E-state index contributed by atoms with van der Waals surface area (Å²) in [6.45, 7) is 11.4. The van der Waals surface area contributed by atoms with E-state index in [0.717, 1.165) is 27.9 Å². The lowest BCUT2D eigenvalue weighted by atomic mass is 9.98. The van der Waals surface area contributed by atoms with Gasteiger partial charge in [-0.1, -0.05) is 187 Å². The minimum atomic E-state index is -2.09. The molecule has 27 N–H and O–H groups in total. The number of guanidine groups is 2. The van der Waals surface area contributed by atoms with Crippen LogP contribution in [0.15, 0.2) is 170 Å². The normalized spacial score (nSPS) is 22.5. The number of amides is 16. The van der Waals surface area contributed by atoms with Gasteiger partial charge in [0.15, 0.2) is 11.9 Å². The van der Waals surface area contributed by atoms with E-state index in [1.54, 1.807) is 143 Å². The Kier molecular flexibility index (Phi) is 44.6. The highest BCUT2D eigenvalue weighted by molar-refractivity contribution is 8.00. The van der Waals surface area contributed by atoms with Crippen molar-refractivity contribution in [2.45, 2.75) is 217 Å². The predicted octanol–water partition coefficient (Wildman–Crippen LogP) is -0.366. The summed E-state index contributed by atoms with van der Waals surface area (Å²) >= 11 is 0.706. The van der Waals surface area contributed by atoms with Crippen molar-refractivity contribution < 1.29 is 96.8 Å². The SMILES string of the molecule is CC(C)C[C@@H]1NC(=O)[C@H](CCCNC(=N)N)NC(=O)[C@H](Cc2ccccc2)N(C)C(=O)[C@H](C)N(C)C(=O)[C@H](CCCNC(=N)N)NC(=O)[C@H](Cc2ccc(-c3ccccc3)cc2)NC(=O)[C@H](C(C)C)NC(=O)[C@H](Cc2c[nH]c3ccccc23)NC(=O)[C@H](CC(=O)O)NC(=O)[C@H](Cc2ccc(O)cc2)NC(=O)[C@H](Cc2ccccc2)NC(=O)CSC[C@@H](C(=O)NCC(N)=O)NC(=O)[C@H]([C@@H](C)O)NC(=O)[C@H](C(C)C)NC1=O. The Hall–Kier alpha value is -15.5. The van der Waals surface area contributed by atoms with Crippen LogP contribution in [0.25, 0.3) is 22.0 Å². The zero-order chi connectivity index (χ0) is 106. The molecule has 6 aromatic carbocycles. The second-order valence-electron chi connectivity index (χ2n) is 36.9. The van der Waals surface area contributed by atoms with E-state index < -0.39 is 246 Å². The predicted molar refractivity (Wildman–Crippen MR) is 543 cm³/mol. The number of para-hydroxylation sites is 1. The van der Waals surface area contributed by atoms with Gasteiger partial charge in [0.1, 0.15) is 90.3 Å². The summed E-state index contributed by atoms with van der Waals surface area (Å²) in [5.41, 5.74) is 21.1. The summed E-state index contributed by atoms with van der Waals surface area (Å²) in [5, 5.41) is 88.0. The molecule has 780 valence electrons. The molecule has 1 aliphatic rings. The lowest BCUT2D eigenvalue weighted by molar-refractivity contribution is -0.148. The Labute approximate surface area is 844 Å². The molecular formula is C101H135N23O20S. The van der Waals surface area contributed by atoms with Crippen LogP contribution < -0.4 is 97.0 Å². The fourth-order valence-electron chi connectivity index (χ4n) is 16.1. The minimum Gasteiger partial charge on any atom is -0.508 e. The molecule has 7 aromatic rings. The van der Waals surface area contributed by atoms with Crippen molar-refractivity contribution in [1.29, 1.82) is 10.8 Å². The molecule has 15 atom stereocenters. The lowest BCUT2D eigenvalue weighted by Gasteiger charge is -2.35. The van der Waals surface area contributed by atoms with Gasteiger partial charge in [0.05, 0.1) is 24.8 Å². The number of likely N-dealkylation sites (N-methyl/N-ethyl adjacent to an activating group) is 2. The average Bonchev–Trinajstić information content (AvgIpc) is 1.65. The number of carbonyl (C=O) groups is 17. The third kappa shape index (κ3) is 36.5. The summed E-state index contributed by atoms with van der Waals surface area (Å²) in [6.07, 6.45) is -3.41. The molecule has 43 nitrogen and oxygen atoms in total. The van der Waals surface area contributed by atoms with Gasteiger partial charge in [0, 0.05) is 82.1 Å². The third-order valence-electron chi connectivity index (χ3n) is 24.2. The van der Waals surface area contributed by atoms with Gasteiger partial charge in [-0.25, -0.2) is 0 Å². The van der Waals surface area contributed by atoms with E-state index in [1.165, 1.54) is 59.1 Å². The number of carboxylic acid groups (broad SMARTS) is 1. The zero-order valence-corrected chi connectivity index (χ0v) is 83.5. The van der Waals surface area contributed by atoms with Gasteiger partial charge >= 0.3 is 5.97 Å². The van der Waals surface area contributed by atoms with E-state index >= 15 is 47.9 Å². The van der Waals surface area contributed by atoms with E-state index in [9.17, 15) is 48.9 Å². The van der Waals surface area contributed by atoms with E-state index in [1.807, 2.05) is 30.3 Å². The number of aliphatic hydroxyl groups is 1. The maximum absolute atomic E-state index is 15.7. The summed E-state index contributed by atoms with van der Waals surface area (Å²) < 4.78 is 0. The number of thioether (sulfide) groups is 1.